The highest BCUT2D eigenvalue weighted by molar-refractivity contribution is 7.99. The molecule has 18 heavy (non-hydrogen) atoms. The van der Waals surface area contributed by atoms with Crippen molar-refractivity contribution in [3.8, 4) is 0 Å². The predicted molar refractivity (Wildman–Crippen MR) is 75.4 cm³/mol. The second kappa shape index (κ2) is 6.02. The van der Waals surface area contributed by atoms with E-state index >= 15 is 0 Å². The largest absolute Gasteiger partial charge is 0.310 e. The van der Waals surface area contributed by atoms with Gasteiger partial charge in [0.25, 0.3) is 0 Å². The molecule has 0 bridgehead atoms. The van der Waals surface area contributed by atoms with Gasteiger partial charge in [0.1, 0.15) is 5.82 Å². The van der Waals surface area contributed by atoms with E-state index in [-0.39, 0.29) is 0 Å². The minimum atomic E-state index is 0.752. The molecule has 0 atom stereocenters. The van der Waals surface area contributed by atoms with Gasteiger partial charge in [0.15, 0.2) is 0 Å². The van der Waals surface area contributed by atoms with Crippen molar-refractivity contribution < 1.29 is 0 Å². The summed E-state index contributed by atoms with van der Waals surface area (Å²) in [7, 11) is 0. The molecular formula is C14H21N3S. The van der Waals surface area contributed by atoms with E-state index in [0.717, 1.165) is 29.4 Å². The zero-order valence-corrected chi connectivity index (χ0v) is 11.6. The van der Waals surface area contributed by atoms with Crippen molar-refractivity contribution in [2.24, 2.45) is 0 Å². The Morgan fingerprint density at radius 3 is 2.50 bits per heavy atom. The lowest BCUT2D eigenvalue weighted by Gasteiger charge is -2.08. The minimum Gasteiger partial charge on any atom is -0.310 e. The van der Waals surface area contributed by atoms with Gasteiger partial charge < -0.3 is 5.32 Å². The Hall–Kier alpha value is -0.610. The minimum absolute atomic E-state index is 0.752. The summed E-state index contributed by atoms with van der Waals surface area (Å²) in [5, 5.41) is 4.34. The summed E-state index contributed by atoms with van der Waals surface area (Å²) in [6.07, 6.45) is 12.2. The van der Waals surface area contributed by atoms with Crippen molar-refractivity contribution in [2.45, 2.75) is 62.1 Å². The third-order valence-electron chi connectivity index (χ3n) is 3.68. The molecule has 0 amide bonds. The van der Waals surface area contributed by atoms with Gasteiger partial charge in [0, 0.05) is 35.8 Å². The van der Waals surface area contributed by atoms with Crippen LogP contribution in [0.15, 0.2) is 12.4 Å². The molecule has 0 radical (unpaired) electrons. The van der Waals surface area contributed by atoms with Crippen molar-refractivity contribution in [2.75, 3.05) is 0 Å². The van der Waals surface area contributed by atoms with Crippen molar-refractivity contribution in [3.63, 3.8) is 0 Å². The Bertz CT molecular complexity index is 369. The van der Waals surface area contributed by atoms with E-state index in [2.05, 4.69) is 15.3 Å². The van der Waals surface area contributed by atoms with Crippen LogP contribution in [0.5, 0.6) is 0 Å². The molecule has 1 heterocycles. The average molecular weight is 263 g/mol. The van der Waals surface area contributed by atoms with Crippen LogP contribution in [0.3, 0.4) is 0 Å². The lowest BCUT2D eigenvalue weighted by atomic mass is 10.3. The second-order valence-corrected chi connectivity index (χ2v) is 6.67. The zero-order valence-electron chi connectivity index (χ0n) is 10.8. The van der Waals surface area contributed by atoms with Gasteiger partial charge in [-0.25, -0.2) is 9.97 Å². The van der Waals surface area contributed by atoms with Crippen LogP contribution in [0.2, 0.25) is 0 Å². The Morgan fingerprint density at radius 2 is 1.83 bits per heavy atom. The van der Waals surface area contributed by atoms with E-state index in [1.165, 1.54) is 44.1 Å². The highest BCUT2D eigenvalue weighted by Gasteiger charge is 2.20. The van der Waals surface area contributed by atoms with E-state index in [0.29, 0.717) is 0 Å². The quantitative estimate of drug-likeness (QED) is 0.856. The number of hydrogen-bond donors (Lipinski definition) is 1. The maximum absolute atomic E-state index is 4.47. The van der Waals surface area contributed by atoms with Crippen LogP contribution < -0.4 is 5.32 Å². The molecule has 2 aliphatic rings. The lowest BCUT2D eigenvalue weighted by molar-refractivity contribution is 0.682. The van der Waals surface area contributed by atoms with E-state index < -0.39 is 0 Å². The molecule has 0 spiro atoms. The van der Waals surface area contributed by atoms with Gasteiger partial charge in [0.2, 0.25) is 0 Å². The van der Waals surface area contributed by atoms with Crippen LogP contribution in [0.4, 0.5) is 0 Å². The molecule has 1 N–H and O–H groups in total. The van der Waals surface area contributed by atoms with Gasteiger partial charge in [-0.2, -0.15) is 11.8 Å². The molecule has 2 aliphatic carbocycles. The summed E-state index contributed by atoms with van der Waals surface area (Å²) in [5.74, 6) is 1.96. The van der Waals surface area contributed by atoms with Gasteiger partial charge in [0.05, 0.1) is 5.75 Å². The number of hydrogen-bond acceptors (Lipinski definition) is 4. The Balaban J connectivity index is 1.44. The predicted octanol–water partition coefficient (Wildman–Crippen LogP) is 2.90. The molecule has 1 aromatic rings. The molecule has 4 heteroatoms. The first-order chi connectivity index (χ1) is 8.90. The molecule has 0 aliphatic heterocycles. The first kappa shape index (κ1) is 12.4. The SMILES string of the molecule is c1nc(CSC2CCCC2)ncc1CNC1CC1. The van der Waals surface area contributed by atoms with E-state index in [9.17, 15) is 0 Å². The van der Waals surface area contributed by atoms with Crippen LogP contribution in [0.25, 0.3) is 0 Å². The lowest BCUT2D eigenvalue weighted by Crippen LogP contribution is -2.15. The van der Waals surface area contributed by atoms with Crippen LogP contribution >= 0.6 is 11.8 Å². The Morgan fingerprint density at radius 1 is 1.11 bits per heavy atom. The zero-order chi connectivity index (χ0) is 12.2. The molecule has 0 unspecified atom stereocenters. The molecule has 0 aromatic carbocycles. The highest BCUT2D eigenvalue weighted by Crippen LogP contribution is 2.30. The fourth-order valence-electron chi connectivity index (χ4n) is 2.34. The molecule has 2 fully saturated rings. The molecule has 3 nitrogen and oxygen atoms in total. The third-order valence-corrected chi connectivity index (χ3v) is 5.05. The van der Waals surface area contributed by atoms with Crippen LogP contribution in [-0.2, 0) is 12.3 Å². The average Bonchev–Trinajstić information content (AvgIpc) is 3.09. The fraction of sp³-hybridized carbons (Fsp3) is 0.714. The van der Waals surface area contributed by atoms with E-state index in [1.807, 2.05) is 24.2 Å². The van der Waals surface area contributed by atoms with Crippen molar-refractivity contribution in [1.29, 1.82) is 0 Å². The summed E-state index contributed by atoms with van der Waals surface area (Å²) in [4.78, 5) is 8.93. The van der Waals surface area contributed by atoms with Crippen LogP contribution in [-0.4, -0.2) is 21.3 Å². The van der Waals surface area contributed by atoms with E-state index in [4.69, 9.17) is 0 Å². The summed E-state index contributed by atoms with van der Waals surface area (Å²) >= 11 is 2.03. The molecule has 0 saturated heterocycles. The van der Waals surface area contributed by atoms with Gasteiger partial charge in [-0.05, 0) is 25.7 Å². The molecular weight excluding hydrogens is 242 g/mol. The monoisotopic (exact) mass is 263 g/mol. The van der Waals surface area contributed by atoms with Crippen molar-refractivity contribution >= 4 is 11.8 Å². The van der Waals surface area contributed by atoms with Gasteiger partial charge in [-0.1, -0.05) is 12.8 Å². The topological polar surface area (TPSA) is 37.8 Å². The normalized spacial score (nSPS) is 20.4. The van der Waals surface area contributed by atoms with Gasteiger partial charge in [-0.3, -0.25) is 0 Å². The number of thioether (sulfide) groups is 1. The standard InChI is InChI=1S/C14H21N3S/c1-2-4-13(3-1)18-10-14-16-8-11(9-17-14)7-15-12-5-6-12/h8-9,12-13,15H,1-7,10H2. The van der Waals surface area contributed by atoms with Crippen LogP contribution in [0.1, 0.15) is 49.9 Å². The highest BCUT2D eigenvalue weighted by atomic mass is 32.2. The van der Waals surface area contributed by atoms with Gasteiger partial charge >= 0.3 is 0 Å². The van der Waals surface area contributed by atoms with Crippen LogP contribution in [0, 0.1) is 0 Å². The molecule has 98 valence electrons. The van der Waals surface area contributed by atoms with Crippen molar-refractivity contribution in [3.05, 3.63) is 23.8 Å². The molecule has 3 rings (SSSR count). The Labute approximate surface area is 113 Å². The van der Waals surface area contributed by atoms with E-state index in [1.54, 1.807) is 0 Å². The first-order valence-electron chi connectivity index (χ1n) is 7.05. The first-order valence-corrected chi connectivity index (χ1v) is 8.10. The number of nitrogens with zero attached hydrogens (tertiary/aromatic N) is 2. The number of aromatic nitrogens is 2. The summed E-state index contributed by atoms with van der Waals surface area (Å²) in [5.41, 5.74) is 1.21. The maximum Gasteiger partial charge on any atom is 0.138 e. The summed E-state index contributed by atoms with van der Waals surface area (Å²) in [6, 6.07) is 0.752. The molecule has 2 saturated carbocycles. The summed E-state index contributed by atoms with van der Waals surface area (Å²) in [6.45, 7) is 0.917. The third kappa shape index (κ3) is 3.69. The van der Waals surface area contributed by atoms with Gasteiger partial charge in [-0.15, -0.1) is 0 Å². The second-order valence-electron chi connectivity index (χ2n) is 5.38. The van der Waals surface area contributed by atoms with Crippen molar-refractivity contribution in [1.82, 2.24) is 15.3 Å². The summed E-state index contributed by atoms with van der Waals surface area (Å²) < 4.78 is 0. The Kier molecular flexibility index (Phi) is 4.16. The number of rotatable bonds is 6. The maximum atomic E-state index is 4.47. The number of nitrogens with one attached hydrogen (secondary N) is 1. The molecule has 1 aromatic heterocycles. The smallest absolute Gasteiger partial charge is 0.138 e. The fourth-order valence-corrected chi connectivity index (χ4v) is 3.54.